The lowest BCUT2D eigenvalue weighted by atomic mass is 10.1. The Morgan fingerprint density at radius 3 is 2.06 bits per heavy atom. The molecule has 0 unspecified atom stereocenters. The average molecular weight is 458 g/mol. The van der Waals surface area contributed by atoms with Gasteiger partial charge in [0.25, 0.3) is 11.8 Å². The van der Waals surface area contributed by atoms with Gasteiger partial charge in [-0.15, -0.1) is 0 Å². The number of carbonyl (C=O) groups excluding carboxylic acids is 2. The van der Waals surface area contributed by atoms with Crippen LogP contribution in [0.5, 0.6) is 0 Å². The predicted molar refractivity (Wildman–Crippen MR) is 115 cm³/mol. The van der Waals surface area contributed by atoms with Crippen molar-refractivity contribution in [3.63, 3.8) is 0 Å². The van der Waals surface area contributed by atoms with Crippen LogP contribution in [0.25, 0.3) is 0 Å². The number of anilines is 1. The first-order valence-corrected chi connectivity index (χ1v) is 9.94. The van der Waals surface area contributed by atoms with Gasteiger partial charge in [0.1, 0.15) is 0 Å². The van der Waals surface area contributed by atoms with Crippen LogP contribution in [-0.4, -0.2) is 24.5 Å². The molecule has 3 aromatic rings. The van der Waals surface area contributed by atoms with E-state index in [0.29, 0.717) is 5.69 Å². The molecule has 0 fully saturated rings. The van der Waals surface area contributed by atoms with E-state index in [4.69, 9.17) is 9.57 Å². The van der Waals surface area contributed by atoms with Crippen LogP contribution in [0.4, 0.5) is 18.9 Å². The molecule has 2 N–H and O–H groups in total. The maximum absolute atomic E-state index is 12.7. The molecule has 0 aliphatic heterocycles. The van der Waals surface area contributed by atoms with E-state index >= 15 is 0 Å². The third-order valence-electron chi connectivity index (χ3n) is 4.48. The minimum Gasteiger partial charge on any atom is -0.373 e. The molecule has 3 aromatic carbocycles. The molecular formula is C24H21F3N2O4. The van der Waals surface area contributed by atoms with Crippen molar-refractivity contribution in [1.82, 2.24) is 5.48 Å². The molecule has 3 rings (SSSR count). The lowest BCUT2D eigenvalue weighted by molar-refractivity contribution is -0.138. The lowest BCUT2D eigenvalue weighted by Crippen LogP contribution is -2.40. The van der Waals surface area contributed by atoms with E-state index in [1.54, 1.807) is 30.3 Å². The number of hydroxylamine groups is 1. The van der Waals surface area contributed by atoms with E-state index in [9.17, 15) is 22.8 Å². The number of rotatable bonds is 9. The molecule has 172 valence electrons. The zero-order valence-electron chi connectivity index (χ0n) is 17.3. The third kappa shape index (κ3) is 7.44. The largest absolute Gasteiger partial charge is 0.416 e. The first-order chi connectivity index (χ1) is 15.8. The summed E-state index contributed by atoms with van der Waals surface area (Å²) in [6.45, 7) is 0.0347. The molecule has 2 amide bonds. The highest BCUT2D eigenvalue weighted by atomic mass is 19.4. The Bertz CT molecular complexity index is 1040. The zero-order valence-corrected chi connectivity index (χ0v) is 17.3. The molecular weight excluding hydrogens is 437 g/mol. The number of halogens is 3. The Balaban J connectivity index is 1.62. The molecule has 0 saturated carbocycles. The highest BCUT2D eigenvalue weighted by molar-refractivity contribution is 5.95. The van der Waals surface area contributed by atoms with Crippen molar-refractivity contribution in [2.24, 2.45) is 0 Å². The summed E-state index contributed by atoms with van der Waals surface area (Å²) in [5.74, 6) is -1.37. The van der Waals surface area contributed by atoms with Crippen LogP contribution in [0.1, 0.15) is 21.5 Å². The highest BCUT2D eigenvalue weighted by Crippen LogP contribution is 2.29. The summed E-state index contributed by atoms with van der Waals surface area (Å²) in [5, 5.41) is 2.66. The molecule has 0 aliphatic rings. The van der Waals surface area contributed by atoms with Gasteiger partial charge in [-0.05, 0) is 42.0 Å². The topological polar surface area (TPSA) is 76.7 Å². The zero-order chi connectivity index (χ0) is 23.7. The smallest absolute Gasteiger partial charge is 0.373 e. The maximum atomic E-state index is 12.7. The number of amides is 2. The normalized spacial score (nSPS) is 12.1. The average Bonchev–Trinajstić information content (AvgIpc) is 2.82. The monoisotopic (exact) mass is 458 g/mol. The van der Waals surface area contributed by atoms with Crippen LogP contribution in [0, 0.1) is 0 Å². The number of ether oxygens (including phenoxy) is 1. The van der Waals surface area contributed by atoms with Gasteiger partial charge in [0, 0.05) is 11.3 Å². The molecule has 0 heterocycles. The third-order valence-corrected chi connectivity index (χ3v) is 4.48. The first-order valence-electron chi connectivity index (χ1n) is 9.94. The number of nitrogens with one attached hydrogen (secondary N) is 2. The van der Waals surface area contributed by atoms with Crippen molar-refractivity contribution in [2.75, 3.05) is 11.9 Å². The van der Waals surface area contributed by atoms with E-state index < -0.39 is 29.7 Å². The van der Waals surface area contributed by atoms with Gasteiger partial charge in [0.2, 0.25) is 0 Å². The van der Waals surface area contributed by atoms with E-state index in [1.165, 1.54) is 0 Å². The summed E-state index contributed by atoms with van der Waals surface area (Å²) in [5.41, 5.74) is 2.58. The number of para-hydroxylation sites is 1. The molecule has 33 heavy (non-hydrogen) atoms. The maximum Gasteiger partial charge on any atom is 0.416 e. The number of alkyl halides is 3. The van der Waals surface area contributed by atoms with Crippen molar-refractivity contribution >= 4 is 17.5 Å². The quantitative estimate of drug-likeness (QED) is 0.460. The Morgan fingerprint density at radius 2 is 1.45 bits per heavy atom. The van der Waals surface area contributed by atoms with Gasteiger partial charge in [0.15, 0.2) is 6.10 Å². The van der Waals surface area contributed by atoms with E-state index in [2.05, 4.69) is 10.8 Å². The number of benzene rings is 3. The molecule has 0 spiro atoms. The van der Waals surface area contributed by atoms with Crippen molar-refractivity contribution in [1.29, 1.82) is 0 Å². The molecule has 0 bridgehead atoms. The van der Waals surface area contributed by atoms with Crippen molar-refractivity contribution < 1.29 is 32.3 Å². The van der Waals surface area contributed by atoms with Crippen molar-refractivity contribution in [3.05, 3.63) is 102 Å². The standard InChI is InChI=1S/C24H21F3N2O4/c25-24(26,27)19-13-11-18(12-14-19)22(30)29-33-21(16-32-15-17-7-3-1-4-8-17)23(31)28-20-9-5-2-6-10-20/h1-14,21H,15-16H2,(H,28,31)(H,29,30)/t21-/m1/s1. The van der Waals surface area contributed by atoms with Crippen molar-refractivity contribution in [2.45, 2.75) is 18.9 Å². The Kier molecular flexibility index (Phi) is 8.17. The van der Waals surface area contributed by atoms with Crippen LogP contribution in [0.2, 0.25) is 0 Å². The van der Waals surface area contributed by atoms with Crippen LogP contribution in [-0.2, 0) is 27.2 Å². The molecule has 9 heteroatoms. The summed E-state index contributed by atoms with van der Waals surface area (Å²) in [6.07, 6.45) is -5.73. The van der Waals surface area contributed by atoms with Crippen LogP contribution in [0.15, 0.2) is 84.9 Å². The van der Waals surface area contributed by atoms with Gasteiger partial charge in [-0.3, -0.25) is 14.4 Å². The molecule has 6 nitrogen and oxygen atoms in total. The summed E-state index contributed by atoms with van der Waals surface area (Å²) in [4.78, 5) is 30.2. The van der Waals surface area contributed by atoms with Gasteiger partial charge < -0.3 is 10.1 Å². The van der Waals surface area contributed by atoms with Gasteiger partial charge in [-0.2, -0.15) is 13.2 Å². The van der Waals surface area contributed by atoms with Crippen LogP contribution < -0.4 is 10.8 Å². The molecule has 0 aromatic heterocycles. The van der Waals surface area contributed by atoms with Crippen LogP contribution in [0.3, 0.4) is 0 Å². The fourth-order valence-corrected chi connectivity index (χ4v) is 2.76. The fourth-order valence-electron chi connectivity index (χ4n) is 2.76. The fraction of sp³-hybridized carbons (Fsp3) is 0.167. The van der Waals surface area contributed by atoms with Gasteiger partial charge in [-0.25, -0.2) is 5.48 Å². The summed E-state index contributed by atoms with van der Waals surface area (Å²) >= 11 is 0. The number of carbonyl (C=O) groups is 2. The van der Waals surface area contributed by atoms with Gasteiger partial charge in [-0.1, -0.05) is 48.5 Å². The van der Waals surface area contributed by atoms with Crippen LogP contribution >= 0.6 is 0 Å². The molecule has 0 radical (unpaired) electrons. The van der Waals surface area contributed by atoms with Crippen molar-refractivity contribution in [3.8, 4) is 0 Å². The SMILES string of the molecule is O=C(NO[C@H](COCc1ccccc1)C(=O)Nc1ccccc1)c1ccc(C(F)(F)F)cc1. The lowest BCUT2D eigenvalue weighted by Gasteiger charge is -2.18. The van der Waals surface area contributed by atoms with Gasteiger partial charge in [0.05, 0.1) is 18.8 Å². The minimum atomic E-state index is -4.51. The predicted octanol–water partition coefficient (Wildman–Crippen LogP) is 4.59. The Labute approximate surface area is 188 Å². The second kappa shape index (κ2) is 11.3. The number of hydrogen-bond acceptors (Lipinski definition) is 4. The van der Waals surface area contributed by atoms with E-state index in [-0.39, 0.29) is 18.8 Å². The Morgan fingerprint density at radius 1 is 0.848 bits per heavy atom. The minimum absolute atomic E-state index is 0.0598. The summed E-state index contributed by atoms with van der Waals surface area (Å²) in [7, 11) is 0. The summed E-state index contributed by atoms with van der Waals surface area (Å²) in [6, 6.07) is 21.5. The molecule has 1 atom stereocenters. The van der Waals surface area contributed by atoms with Gasteiger partial charge >= 0.3 is 6.18 Å². The summed E-state index contributed by atoms with van der Waals surface area (Å²) < 4.78 is 43.7. The van der Waals surface area contributed by atoms with E-state index in [1.807, 2.05) is 30.3 Å². The first kappa shape index (κ1) is 24.0. The molecule has 0 aliphatic carbocycles. The van der Waals surface area contributed by atoms with E-state index in [0.717, 1.165) is 29.8 Å². The molecule has 0 saturated heterocycles. The Hall–Kier alpha value is -3.69. The second-order valence-corrected chi connectivity index (χ2v) is 6.97. The number of hydrogen-bond donors (Lipinski definition) is 2. The highest BCUT2D eigenvalue weighted by Gasteiger charge is 2.30. The second-order valence-electron chi connectivity index (χ2n) is 6.97.